The predicted molar refractivity (Wildman–Crippen MR) is 95.1 cm³/mol. The summed E-state index contributed by atoms with van der Waals surface area (Å²) in [4.78, 5) is 26.9. The van der Waals surface area contributed by atoms with E-state index >= 15 is 0 Å². The van der Waals surface area contributed by atoms with Crippen molar-refractivity contribution >= 4 is 21.8 Å². The number of carbonyl (C=O) groups excluding carboxylic acids is 2. The fraction of sp³-hybridized carbons (Fsp3) is 0.529. The molecule has 0 N–H and O–H groups in total. The summed E-state index contributed by atoms with van der Waals surface area (Å²) in [6, 6.07) is 9.33. The summed E-state index contributed by atoms with van der Waals surface area (Å²) in [6.45, 7) is 3.71. The largest absolute Gasteiger partial charge is 0.339 e. The van der Waals surface area contributed by atoms with Crippen molar-refractivity contribution in [2.24, 2.45) is 0 Å². The summed E-state index contributed by atoms with van der Waals surface area (Å²) in [5.74, 6) is -0.389. The first-order valence-electron chi connectivity index (χ1n) is 8.31. The Balaban J connectivity index is 1.83. The van der Waals surface area contributed by atoms with Crippen LogP contribution in [-0.2, 0) is 26.2 Å². The van der Waals surface area contributed by atoms with Crippen molar-refractivity contribution < 1.29 is 18.0 Å². The van der Waals surface area contributed by atoms with Crippen molar-refractivity contribution in [2.45, 2.75) is 19.9 Å². The molecule has 0 radical (unpaired) electrons. The molecule has 2 amide bonds. The number of nitrogens with zero attached hydrogens (tertiary/aromatic N) is 3. The van der Waals surface area contributed by atoms with Gasteiger partial charge in [0.25, 0.3) is 0 Å². The number of carbonyl (C=O) groups is 2. The van der Waals surface area contributed by atoms with Crippen LogP contribution in [0.15, 0.2) is 30.3 Å². The van der Waals surface area contributed by atoms with E-state index in [0.717, 1.165) is 5.56 Å². The molecule has 138 valence electrons. The second kappa shape index (κ2) is 8.44. The molecule has 0 spiro atoms. The molecular formula is C17H25N3O4S. The molecule has 1 aliphatic rings. The molecule has 0 bridgehead atoms. The van der Waals surface area contributed by atoms with Gasteiger partial charge in [0.15, 0.2) is 0 Å². The van der Waals surface area contributed by atoms with Gasteiger partial charge in [-0.25, -0.2) is 12.7 Å². The Morgan fingerprint density at radius 3 is 2.16 bits per heavy atom. The van der Waals surface area contributed by atoms with Gasteiger partial charge < -0.3 is 9.80 Å². The highest BCUT2D eigenvalue weighted by atomic mass is 32.2. The molecule has 0 saturated carbocycles. The van der Waals surface area contributed by atoms with Crippen LogP contribution >= 0.6 is 0 Å². The van der Waals surface area contributed by atoms with E-state index in [9.17, 15) is 18.0 Å². The fourth-order valence-electron chi connectivity index (χ4n) is 2.74. The van der Waals surface area contributed by atoms with Crippen LogP contribution in [0.3, 0.4) is 0 Å². The van der Waals surface area contributed by atoms with Crippen LogP contribution in [0.2, 0.25) is 0 Å². The Labute approximate surface area is 149 Å². The van der Waals surface area contributed by atoms with Gasteiger partial charge in [-0.1, -0.05) is 30.3 Å². The minimum Gasteiger partial charge on any atom is -0.339 e. The smallest absolute Gasteiger partial charge is 0.223 e. The Hall–Kier alpha value is -1.93. The molecule has 1 aromatic rings. The van der Waals surface area contributed by atoms with Gasteiger partial charge in [0, 0.05) is 53.1 Å². The molecule has 2 rings (SSSR count). The van der Waals surface area contributed by atoms with Crippen LogP contribution in [0.1, 0.15) is 18.9 Å². The van der Waals surface area contributed by atoms with Crippen molar-refractivity contribution in [2.75, 3.05) is 39.0 Å². The molecule has 0 aliphatic carbocycles. The number of hydrogen-bond donors (Lipinski definition) is 0. The van der Waals surface area contributed by atoms with E-state index < -0.39 is 10.0 Å². The highest BCUT2D eigenvalue weighted by Crippen LogP contribution is 2.10. The third-order valence-electron chi connectivity index (χ3n) is 4.37. The molecule has 1 heterocycles. The average Bonchev–Trinajstić information content (AvgIpc) is 2.60. The molecule has 25 heavy (non-hydrogen) atoms. The van der Waals surface area contributed by atoms with Crippen molar-refractivity contribution in [3.05, 3.63) is 35.9 Å². The third kappa shape index (κ3) is 5.54. The molecule has 1 fully saturated rings. The van der Waals surface area contributed by atoms with E-state index in [2.05, 4.69) is 0 Å². The number of hydrogen-bond acceptors (Lipinski definition) is 4. The van der Waals surface area contributed by atoms with Crippen molar-refractivity contribution in [1.82, 2.24) is 14.1 Å². The summed E-state index contributed by atoms with van der Waals surface area (Å²) in [5.41, 5.74) is 0.903. The molecule has 1 aromatic carbocycles. The van der Waals surface area contributed by atoms with E-state index in [1.807, 2.05) is 30.3 Å². The predicted octanol–water partition coefficient (Wildman–Crippen LogP) is 0.529. The van der Waals surface area contributed by atoms with E-state index in [-0.39, 0.29) is 30.5 Å². The molecular weight excluding hydrogens is 342 g/mol. The normalized spacial score (nSPS) is 15.5. The van der Waals surface area contributed by atoms with Crippen LogP contribution in [-0.4, -0.2) is 73.3 Å². The number of benzene rings is 1. The van der Waals surface area contributed by atoms with Gasteiger partial charge in [-0.2, -0.15) is 0 Å². The van der Waals surface area contributed by atoms with E-state index in [0.29, 0.717) is 26.2 Å². The van der Waals surface area contributed by atoms with Gasteiger partial charge >= 0.3 is 0 Å². The SMILES string of the molecule is CC(=O)N1CCN(C(=O)CCS(=O)(=O)N(C)Cc2ccccc2)CC1. The summed E-state index contributed by atoms with van der Waals surface area (Å²) in [6.07, 6.45) is -0.0401. The van der Waals surface area contributed by atoms with Crippen LogP contribution in [0.5, 0.6) is 0 Å². The quantitative estimate of drug-likeness (QED) is 0.735. The van der Waals surface area contributed by atoms with E-state index in [1.165, 1.54) is 18.3 Å². The van der Waals surface area contributed by atoms with Gasteiger partial charge in [-0.05, 0) is 5.56 Å². The summed E-state index contributed by atoms with van der Waals surface area (Å²) < 4.78 is 26.0. The summed E-state index contributed by atoms with van der Waals surface area (Å²) >= 11 is 0. The lowest BCUT2D eigenvalue weighted by Crippen LogP contribution is -2.50. The summed E-state index contributed by atoms with van der Waals surface area (Å²) in [7, 11) is -1.97. The Kier molecular flexibility index (Phi) is 6.55. The Morgan fingerprint density at radius 1 is 1.04 bits per heavy atom. The molecule has 0 atom stereocenters. The first-order valence-corrected chi connectivity index (χ1v) is 9.92. The number of piperazine rings is 1. The second-order valence-corrected chi connectivity index (χ2v) is 8.39. The lowest BCUT2D eigenvalue weighted by atomic mass is 10.2. The minimum absolute atomic E-state index is 0.00258. The third-order valence-corrected chi connectivity index (χ3v) is 6.17. The van der Waals surface area contributed by atoms with Gasteiger partial charge in [-0.3, -0.25) is 9.59 Å². The molecule has 0 unspecified atom stereocenters. The summed E-state index contributed by atoms with van der Waals surface area (Å²) in [5, 5.41) is 0. The van der Waals surface area contributed by atoms with Gasteiger partial charge in [0.05, 0.1) is 5.75 Å². The molecule has 7 nitrogen and oxygen atoms in total. The number of amides is 2. The van der Waals surface area contributed by atoms with Crippen LogP contribution in [0, 0.1) is 0 Å². The van der Waals surface area contributed by atoms with E-state index in [4.69, 9.17) is 0 Å². The van der Waals surface area contributed by atoms with Gasteiger partial charge in [0.2, 0.25) is 21.8 Å². The molecule has 0 aromatic heterocycles. The average molecular weight is 367 g/mol. The highest BCUT2D eigenvalue weighted by Gasteiger charge is 2.25. The zero-order valence-electron chi connectivity index (χ0n) is 14.7. The molecule has 8 heteroatoms. The second-order valence-electron chi connectivity index (χ2n) is 6.19. The van der Waals surface area contributed by atoms with Gasteiger partial charge in [-0.15, -0.1) is 0 Å². The van der Waals surface area contributed by atoms with Gasteiger partial charge in [0.1, 0.15) is 0 Å². The van der Waals surface area contributed by atoms with Crippen molar-refractivity contribution in [3.8, 4) is 0 Å². The maximum Gasteiger partial charge on any atom is 0.223 e. The zero-order chi connectivity index (χ0) is 18.4. The number of sulfonamides is 1. The van der Waals surface area contributed by atoms with E-state index in [1.54, 1.807) is 9.80 Å². The molecule has 1 aliphatic heterocycles. The highest BCUT2D eigenvalue weighted by molar-refractivity contribution is 7.89. The van der Waals surface area contributed by atoms with Crippen LogP contribution in [0.4, 0.5) is 0 Å². The maximum atomic E-state index is 12.4. The van der Waals surface area contributed by atoms with Crippen LogP contribution in [0.25, 0.3) is 0 Å². The van der Waals surface area contributed by atoms with Crippen molar-refractivity contribution in [1.29, 1.82) is 0 Å². The first kappa shape index (κ1) is 19.4. The Morgan fingerprint density at radius 2 is 1.60 bits per heavy atom. The number of rotatable bonds is 6. The Bertz CT molecular complexity index is 698. The standard InChI is InChI=1S/C17H25N3O4S/c1-15(21)19-9-11-20(12-10-19)17(22)8-13-25(23,24)18(2)14-16-6-4-3-5-7-16/h3-7H,8-14H2,1-2H3. The van der Waals surface area contributed by atoms with Crippen LogP contribution < -0.4 is 0 Å². The fourth-order valence-corrected chi connectivity index (χ4v) is 3.83. The lowest BCUT2D eigenvalue weighted by molar-refractivity contribution is -0.138. The molecule has 1 saturated heterocycles. The minimum atomic E-state index is -3.50. The first-order chi connectivity index (χ1) is 11.8. The topological polar surface area (TPSA) is 78.0 Å². The lowest BCUT2D eigenvalue weighted by Gasteiger charge is -2.34. The monoisotopic (exact) mass is 367 g/mol. The van der Waals surface area contributed by atoms with Crippen molar-refractivity contribution in [3.63, 3.8) is 0 Å². The maximum absolute atomic E-state index is 12.4. The zero-order valence-corrected chi connectivity index (χ0v) is 15.5.